The van der Waals surface area contributed by atoms with Crippen LogP contribution in [-0.2, 0) is 13.6 Å². The van der Waals surface area contributed by atoms with Gasteiger partial charge in [0.25, 0.3) is 0 Å². The predicted octanol–water partition coefficient (Wildman–Crippen LogP) is 3.84. The van der Waals surface area contributed by atoms with Gasteiger partial charge in [0.05, 0.1) is 12.4 Å². The van der Waals surface area contributed by atoms with Gasteiger partial charge in [-0.25, -0.2) is 0 Å². The summed E-state index contributed by atoms with van der Waals surface area (Å²) >= 11 is 6.02. The molecule has 1 fully saturated rings. The van der Waals surface area contributed by atoms with Crippen LogP contribution in [0.3, 0.4) is 0 Å². The Morgan fingerprint density at radius 2 is 2.08 bits per heavy atom. The van der Waals surface area contributed by atoms with Crippen LogP contribution in [0.1, 0.15) is 30.0 Å². The fraction of sp³-hybridized carbons (Fsp3) is 0.368. The first kappa shape index (κ1) is 16.4. The van der Waals surface area contributed by atoms with Gasteiger partial charge in [0.2, 0.25) is 0 Å². The quantitative estimate of drug-likeness (QED) is 0.773. The molecule has 0 amide bonds. The van der Waals surface area contributed by atoms with Crippen molar-refractivity contribution in [1.82, 2.24) is 24.9 Å². The van der Waals surface area contributed by atoms with E-state index < -0.39 is 0 Å². The summed E-state index contributed by atoms with van der Waals surface area (Å²) in [6.45, 7) is 3.13. The number of hydrogen-bond acceptors (Lipinski definition) is 3. The Labute approximate surface area is 152 Å². The standard InChI is InChI=1S/C19H22ClN5/c1-24-11-14(9-22-24)12-25-8-2-3-16(13-25)19-18(10-21-23-19)15-4-6-17(20)7-5-15/h4-7,9-11,16H,2-3,8,12-13H2,1H3,(H,21,23). The zero-order valence-corrected chi connectivity index (χ0v) is 15.1. The molecule has 25 heavy (non-hydrogen) atoms. The molecule has 1 saturated heterocycles. The summed E-state index contributed by atoms with van der Waals surface area (Å²) in [5.74, 6) is 0.471. The van der Waals surface area contributed by atoms with Gasteiger partial charge in [-0.15, -0.1) is 0 Å². The van der Waals surface area contributed by atoms with Crippen molar-refractivity contribution < 1.29 is 0 Å². The number of aromatic amines is 1. The van der Waals surface area contributed by atoms with E-state index in [2.05, 4.69) is 38.5 Å². The van der Waals surface area contributed by atoms with Gasteiger partial charge in [0.15, 0.2) is 0 Å². The van der Waals surface area contributed by atoms with Crippen molar-refractivity contribution in [2.45, 2.75) is 25.3 Å². The van der Waals surface area contributed by atoms with Crippen molar-refractivity contribution in [2.75, 3.05) is 13.1 Å². The molecule has 3 aromatic rings. The lowest BCUT2D eigenvalue weighted by atomic mass is 9.90. The van der Waals surface area contributed by atoms with Gasteiger partial charge in [-0.2, -0.15) is 10.2 Å². The minimum atomic E-state index is 0.471. The van der Waals surface area contributed by atoms with Crippen LogP contribution in [0.25, 0.3) is 11.1 Å². The fourth-order valence-corrected chi connectivity index (χ4v) is 3.84. The van der Waals surface area contributed by atoms with Crippen molar-refractivity contribution in [3.8, 4) is 11.1 Å². The second-order valence-electron chi connectivity index (χ2n) is 6.80. The summed E-state index contributed by atoms with van der Waals surface area (Å²) in [5, 5.41) is 12.6. The van der Waals surface area contributed by atoms with Crippen molar-refractivity contribution in [3.63, 3.8) is 0 Å². The number of aromatic nitrogens is 4. The molecule has 3 heterocycles. The molecule has 1 atom stereocenters. The number of aryl methyl sites for hydroxylation is 1. The van der Waals surface area contributed by atoms with Gasteiger partial charge in [-0.3, -0.25) is 14.7 Å². The molecule has 1 aromatic carbocycles. The number of H-pyrrole nitrogens is 1. The van der Waals surface area contributed by atoms with Crippen LogP contribution in [-0.4, -0.2) is 38.0 Å². The maximum absolute atomic E-state index is 6.02. The summed E-state index contributed by atoms with van der Waals surface area (Å²) in [6, 6.07) is 7.99. The summed E-state index contributed by atoms with van der Waals surface area (Å²) in [7, 11) is 1.96. The van der Waals surface area contributed by atoms with Crippen LogP contribution >= 0.6 is 11.6 Å². The highest BCUT2D eigenvalue weighted by Crippen LogP contribution is 2.33. The van der Waals surface area contributed by atoms with Crippen LogP contribution in [0, 0.1) is 0 Å². The fourth-order valence-electron chi connectivity index (χ4n) is 3.71. The molecule has 0 bridgehead atoms. The van der Waals surface area contributed by atoms with Gasteiger partial charge < -0.3 is 0 Å². The molecular formula is C19H22ClN5. The lowest BCUT2D eigenvalue weighted by molar-refractivity contribution is 0.198. The molecule has 6 heteroatoms. The Morgan fingerprint density at radius 3 is 2.84 bits per heavy atom. The highest BCUT2D eigenvalue weighted by atomic mass is 35.5. The van der Waals surface area contributed by atoms with Gasteiger partial charge in [-0.1, -0.05) is 23.7 Å². The van der Waals surface area contributed by atoms with Gasteiger partial charge in [0.1, 0.15) is 0 Å². The van der Waals surface area contributed by atoms with Crippen LogP contribution in [0.5, 0.6) is 0 Å². The van der Waals surface area contributed by atoms with E-state index in [1.54, 1.807) is 0 Å². The monoisotopic (exact) mass is 355 g/mol. The van der Waals surface area contributed by atoms with Crippen LogP contribution in [0.4, 0.5) is 0 Å². The number of likely N-dealkylation sites (tertiary alicyclic amines) is 1. The average molecular weight is 356 g/mol. The molecule has 0 saturated carbocycles. The Hall–Kier alpha value is -2.11. The summed E-state index contributed by atoms with van der Waals surface area (Å²) < 4.78 is 1.87. The van der Waals surface area contributed by atoms with E-state index in [0.717, 1.165) is 30.2 Å². The number of hydrogen-bond donors (Lipinski definition) is 1. The molecule has 4 rings (SSSR count). The number of nitrogens with one attached hydrogen (secondary N) is 1. The first-order valence-corrected chi connectivity index (χ1v) is 9.06. The van der Waals surface area contributed by atoms with E-state index in [1.165, 1.54) is 29.7 Å². The molecule has 0 radical (unpaired) electrons. The van der Waals surface area contributed by atoms with Crippen molar-refractivity contribution in [2.24, 2.45) is 7.05 Å². The molecule has 0 spiro atoms. The summed E-state index contributed by atoms with van der Waals surface area (Å²) in [4.78, 5) is 2.51. The van der Waals surface area contributed by atoms with Crippen molar-refractivity contribution in [1.29, 1.82) is 0 Å². The average Bonchev–Trinajstić information content (AvgIpc) is 3.25. The maximum Gasteiger partial charge on any atom is 0.0568 e. The number of piperidine rings is 1. The molecule has 1 N–H and O–H groups in total. The molecule has 5 nitrogen and oxygen atoms in total. The third kappa shape index (κ3) is 3.62. The van der Waals surface area contributed by atoms with Gasteiger partial charge in [-0.05, 0) is 37.1 Å². The minimum Gasteiger partial charge on any atom is -0.298 e. The van der Waals surface area contributed by atoms with E-state index in [4.69, 9.17) is 11.6 Å². The molecule has 0 aliphatic carbocycles. The molecule has 130 valence electrons. The highest BCUT2D eigenvalue weighted by molar-refractivity contribution is 6.30. The van der Waals surface area contributed by atoms with Crippen LogP contribution in [0.15, 0.2) is 42.9 Å². The minimum absolute atomic E-state index is 0.471. The maximum atomic E-state index is 6.02. The Morgan fingerprint density at radius 1 is 1.24 bits per heavy atom. The molecular weight excluding hydrogens is 334 g/mol. The van der Waals surface area contributed by atoms with Gasteiger partial charge >= 0.3 is 0 Å². The van der Waals surface area contributed by atoms with E-state index in [1.807, 2.05) is 36.3 Å². The van der Waals surface area contributed by atoms with Crippen LogP contribution < -0.4 is 0 Å². The zero-order valence-electron chi connectivity index (χ0n) is 14.3. The smallest absolute Gasteiger partial charge is 0.0568 e. The van der Waals surface area contributed by atoms with E-state index in [-0.39, 0.29) is 0 Å². The summed E-state index contributed by atoms with van der Waals surface area (Å²) in [6.07, 6.45) is 8.37. The molecule has 1 aliphatic heterocycles. The normalized spacial score (nSPS) is 18.6. The largest absolute Gasteiger partial charge is 0.298 e. The second-order valence-corrected chi connectivity index (χ2v) is 7.24. The van der Waals surface area contributed by atoms with Crippen molar-refractivity contribution >= 4 is 11.6 Å². The van der Waals surface area contributed by atoms with E-state index in [9.17, 15) is 0 Å². The number of rotatable bonds is 4. The Bertz CT molecular complexity index is 836. The lowest BCUT2D eigenvalue weighted by Gasteiger charge is -2.32. The highest BCUT2D eigenvalue weighted by Gasteiger charge is 2.25. The Kier molecular flexibility index (Phi) is 4.59. The number of benzene rings is 1. The first-order chi connectivity index (χ1) is 12.2. The van der Waals surface area contributed by atoms with Crippen LogP contribution in [0.2, 0.25) is 5.02 Å². The topological polar surface area (TPSA) is 49.7 Å². The molecule has 1 unspecified atom stereocenters. The SMILES string of the molecule is Cn1cc(CN2CCCC(c3[nH]ncc3-c3ccc(Cl)cc3)C2)cn1. The third-order valence-electron chi connectivity index (χ3n) is 4.90. The third-order valence-corrected chi connectivity index (χ3v) is 5.15. The van der Waals surface area contributed by atoms with Crippen molar-refractivity contribution in [3.05, 3.63) is 59.1 Å². The molecule has 2 aromatic heterocycles. The lowest BCUT2D eigenvalue weighted by Crippen LogP contribution is -2.34. The first-order valence-electron chi connectivity index (χ1n) is 8.68. The van der Waals surface area contributed by atoms with E-state index in [0.29, 0.717) is 5.92 Å². The number of nitrogens with zero attached hydrogens (tertiary/aromatic N) is 4. The predicted molar refractivity (Wildman–Crippen MR) is 99.5 cm³/mol. The number of halogens is 1. The second kappa shape index (κ2) is 7.02. The van der Waals surface area contributed by atoms with E-state index >= 15 is 0 Å². The Balaban J connectivity index is 1.52. The zero-order chi connectivity index (χ0) is 17.2. The van der Waals surface area contributed by atoms with Gasteiger partial charge in [0, 0.05) is 54.1 Å². The summed E-state index contributed by atoms with van der Waals surface area (Å²) in [5.41, 5.74) is 4.85. The molecule has 1 aliphatic rings.